The Kier molecular flexibility index (Phi) is 18.1. The van der Waals surface area contributed by atoms with Gasteiger partial charge in [0.1, 0.15) is 0 Å². The van der Waals surface area contributed by atoms with Crippen molar-refractivity contribution in [1.82, 2.24) is 0 Å². The molecular weight excluding hydrogens is 354 g/mol. The fourth-order valence-electron chi connectivity index (χ4n) is 0.829. The molecule has 1 aliphatic carbocycles. The van der Waals surface area contributed by atoms with Crippen LogP contribution in [0.25, 0.3) is 0 Å². The standard InChI is InChI=1S/C6H4Cl2S.C5H5.2ClH.Ti/c7-4-2-1-3-5(8)6(4)9;1-2-4-5-3-1;;;/h1-3,9H;1-3H,4H2;2*1H;/q;-1;;;+3/p-2. The van der Waals surface area contributed by atoms with Crippen molar-refractivity contribution in [2.75, 3.05) is 0 Å². The van der Waals surface area contributed by atoms with Gasteiger partial charge in [-0.2, -0.15) is 6.08 Å². The zero-order chi connectivity index (χ0) is 10.4. The molecule has 0 N–H and O–H groups in total. The van der Waals surface area contributed by atoms with Gasteiger partial charge in [0, 0.05) is 4.90 Å². The summed E-state index contributed by atoms with van der Waals surface area (Å²) in [5.41, 5.74) is 0. The Bertz CT molecular complexity index is 336. The summed E-state index contributed by atoms with van der Waals surface area (Å²) in [6.45, 7) is 0. The van der Waals surface area contributed by atoms with E-state index >= 15 is 0 Å². The second kappa shape index (κ2) is 13.4. The molecule has 0 spiro atoms. The Morgan fingerprint density at radius 2 is 1.65 bits per heavy atom. The molecule has 1 aromatic carbocycles. The van der Waals surface area contributed by atoms with Crippen molar-refractivity contribution >= 4 is 35.8 Å². The van der Waals surface area contributed by atoms with Crippen molar-refractivity contribution < 1.29 is 46.5 Å². The minimum atomic E-state index is 0. The topological polar surface area (TPSA) is 0 Å². The number of allylic oxidation sites excluding steroid dienone is 4. The van der Waals surface area contributed by atoms with Gasteiger partial charge >= 0.3 is 21.7 Å². The average molecular weight is 363 g/mol. The van der Waals surface area contributed by atoms with Crippen LogP contribution < -0.4 is 24.8 Å². The molecule has 0 aromatic heterocycles. The zero-order valence-corrected chi connectivity index (χ0v) is 14.1. The monoisotopic (exact) mass is 361 g/mol. The molecule has 1 aromatic rings. The van der Waals surface area contributed by atoms with Crippen molar-refractivity contribution in [3.8, 4) is 0 Å². The predicted molar refractivity (Wildman–Crippen MR) is 65.3 cm³/mol. The molecule has 0 amide bonds. The summed E-state index contributed by atoms with van der Waals surface area (Å²) in [7, 11) is 0. The molecule has 1 radical (unpaired) electrons. The van der Waals surface area contributed by atoms with E-state index in [0.717, 1.165) is 6.42 Å². The van der Waals surface area contributed by atoms with Gasteiger partial charge in [-0.25, -0.2) is 12.2 Å². The van der Waals surface area contributed by atoms with Gasteiger partial charge in [-0.3, -0.25) is 6.08 Å². The number of halogens is 4. The van der Waals surface area contributed by atoms with Gasteiger partial charge in [0.25, 0.3) is 0 Å². The van der Waals surface area contributed by atoms with Gasteiger partial charge in [0.05, 0.1) is 10.0 Å². The van der Waals surface area contributed by atoms with E-state index in [2.05, 4.69) is 24.8 Å². The number of hydrogen-bond donors (Lipinski definition) is 1. The molecule has 0 saturated heterocycles. The van der Waals surface area contributed by atoms with Gasteiger partial charge in [-0.05, 0) is 12.1 Å². The van der Waals surface area contributed by atoms with Crippen LogP contribution in [0.2, 0.25) is 10.0 Å². The molecule has 0 aliphatic heterocycles. The van der Waals surface area contributed by atoms with Crippen LogP contribution >= 0.6 is 35.8 Å². The van der Waals surface area contributed by atoms with Crippen LogP contribution in [0.5, 0.6) is 0 Å². The Balaban J connectivity index is -0.000000216. The Morgan fingerprint density at radius 3 is 1.88 bits per heavy atom. The maximum Gasteiger partial charge on any atom is 3.00 e. The van der Waals surface area contributed by atoms with Crippen LogP contribution in [0.15, 0.2) is 41.3 Å². The van der Waals surface area contributed by atoms with E-state index in [9.17, 15) is 0 Å². The number of hydrogen-bond acceptors (Lipinski definition) is 1. The Morgan fingerprint density at radius 1 is 1.12 bits per heavy atom. The van der Waals surface area contributed by atoms with Crippen LogP contribution in [0.4, 0.5) is 0 Å². The fraction of sp³-hybridized carbons (Fsp3) is 0.0909. The van der Waals surface area contributed by atoms with Crippen LogP contribution in [-0.4, -0.2) is 0 Å². The first kappa shape index (κ1) is 23.1. The largest absolute Gasteiger partial charge is 3.00 e. The first-order chi connectivity index (χ1) is 6.72. The molecule has 0 unspecified atom stereocenters. The molecule has 2 rings (SSSR count). The van der Waals surface area contributed by atoms with Crippen LogP contribution in [0, 0.1) is 6.08 Å². The summed E-state index contributed by atoms with van der Waals surface area (Å²) < 4.78 is 0. The fourth-order valence-corrected chi connectivity index (χ4v) is 1.38. The van der Waals surface area contributed by atoms with Crippen molar-refractivity contribution in [1.29, 1.82) is 0 Å². The minimum absolute atomic E-state index is 0. The van der Waals surface area contributed by atoms with Crippen molar-refractivity contribution in [2.45, 2.75) is 11.3 Å². The first-order valence-corrected chi connectivity index (χ1v) is 5.27. The first-order valence-electron chi connectivity index (χ1n) is 4.06. The smallest absolute Gasteiger partial charge is 1.00 e. The Hall–Kier alpha value is 0.924. The number of benzene rings is 1. The normalized spacial score (nSPS) is 10.3. The van der Waals surface area contributed by atoms with Crippen molar-refractivity contribution in [3.63, 3.8) is 0 Å². The molecule has 0 heterocycles. The van der Waals surface area contributed by atoms with Gasteiger partial charge in [-0.15, -0.1) is 19.0 Å². The second-order valence-corrected chi connectivity index (χ2v) is 3.83. The molecule has 17 heavy (non-hydrogen) atoms. The number of rotatable bonds is 0. The maximum absolute atomic E-state index is 5.65. The van der Waals surface area contributed by atoms with Gasteiger partial charge in [0.15, 0.2) is 0 Å². The molecule has 0 bridgehead atoms. The van der Waals surface area contributed by atoms with E-state index in [-0.39, 0.29) is 46.5 Å². The molecule has 0 atom stereocenters. The summed E-state index contributed by atoms with van der Waals surface area (Å²) >= 11 is 15.4. The van der Waals surface area contributed by atoms with Gasteiger partial charge in [-0.1, -0.05) is 29.3 Å². The minimum Gasteiger partial charge on any atom is -1.00 e. The summed E-state index contributed by atoms with van der Waals surface area (Å²) in [6, 6.07) is 5.27. The van der Waals surface area contributed by atoms with Crippen LogP contribution in [0.3, 0.4) is 0 Å². The molecule has 6 heteroatoms. The molecule has 1 aliphatic rings. The Labute approximate surface area is 145 Å². The van der Waals surface area contributed by atoms with E-state index in [4.69, 9.17) is 23.2 Å². The second-order valence-electron chi connectivity index (χ2n) is 2.57. The third-order valence-electron chi connectivity index (χ3n) is 1.52. The van der Waals surface area contributed by atoms with Crippen molar-refractivity contribution in [3.05, 3.63) is 52.5 Å². The van der Waals surface area contributed by atoms with Gasteiger partial charge < -0.3 is 24.8 Å². The van der Waals surface area contributed by atoms with Crippen LogP contribution in [0.1, 0.15) is 6.42 Å². The van der Waals surface area contributed by atoms with Gasteiger partial charge in [0.2, 0.25) is 0 Å². The predicted octanol–water partition coefficient (Wildman–Crippen LogP) is -1.41. The molecule has 0 nitrogen and oxygen atoms in total. The SMILES string of the molecule is Sc1c(Cl)cccc1Cl.[C-]1=CC=CC1.[Cl-].[Cl-].[Ti+3]. The van der Waals surface area contributed by atoms with E-state index < -0.39 is 0 Å². The third kappa shape index (κ3) is 9.50. The quantitative estimate of drug-likeness (QED) is 0.327. The molecule has 0 saturated carbocycles. The van der Waals surface area contributed by atoms with E-state index in [1.165, 1.54) is 0 Å². The van der Waals surface area contributed by atoms with Crippen molar-refractivity contribution in [2.24, 2.45) is 0 Å². The average Bonchev–Trinajstić information content (AvgIpc) is 2.72. The summed E-state index contributed by atoms with van der Waals surface area (Å²) in [5.74, 6) is 0. The third-order valence-corrected chi connectivity index (χ3v) is 2.90. The summed E-state index contributed by atoms with van der Waals surface area (Å²) in [6.07, 6.45) is 10.0. The van der Waals surface area contributed by atoms with E-state index in [1.54, 1.807) is 18.2 Å². The van der Waals surface area contributed by atoms with Crippen LogP contribution in [-0.2, 0) is 21.7 Å². The van der Waals surface area contributed by atoms with E-state index in [1.807, 2.05) is 12.2 Å². The molecular formula is C11H9Cl4STi. The maximum atomic E-state index is 5.65. The summed E-state index contributed by atoms with van der Waals surface area (Å²) in [5, 5.41) is 1.18. The molecule has 91 valence electrons. The molecule has 0 fully saturated rings. The summed E-state index contributed by atoms with van der Waals surface area (Å²) in [4.78, 5) is 0.640. The zero-order valence-electron chi connectivity index (χ0n) is 8.63. The van der Waals surface area contributed by atoms with E-state index in [0.29, 0.717) is 14.9 Å². The number of thiol groups is 1.